The highest BCUT2D eigenvalue weighted by Gasteiger charge is 2.31. The molecule has 12 heteroatoms. The van der Waals surface area contributed by atoms with E-state index in [9.17, 15) is 18.0 Å². The highest BCUT2D eigenvalue weighted by atomic mass is 19.4. The van der Waals surface area contributed by atoms with Crippen LogP contribution in [0.15, 0.2) is 48.5 Å². The molecule has 9 nitrogen and oxygen atoms in total. The lowest BCUT2D eigenvalue weighted by atomic mass is 10.1. The molecule has 0 amide bonds. The van der Waals surface area contributed by atoms with E-state index in [1.54, 1.807) is 30.3 Å². The predicted molar refractivity (Wildman–Crippen MR) is 129 cm³/mol. The van der Waals surface area contributed by atoms with Gasteiger partial charge in [-0.15, -0.1) is 13.2 Å². The number of esters is 1. The van der Waals surface area contributed by atoms with Gasteiger partial charge in [-0.3, -0.25) is 0 Å². The summed E-state index contributed by atoms with van der Waals surface area (Å²) < 4.78 is 52.4. The van der Waals surface area contributed by atoms with Gasteiger partial charge in [0, 0.05) is 24.7 Å². The van der Waals surface area contributed by atoms with Gasteiger partial charge in [0.25, 0.3) is 0 Å². The molecule has 0 atom stereocenters. The summed E-state index contributed by atoms with van der Waals surface area (Å²) in [4.78, 5) is 22.9. The molecule has 1 aromatic heterocycles. The molecular formula is C24H26F3N5O4. The first kappa shape index (κ1) is 26.5. The molecule has 0 fully saturated rings. The zero-order valence-corrected chi connectivity index (χ0v) is 20.1. The molecule has 3 aromatic rings. The van der Waals surface area contributed by atoms with Crippen molar-refractivity contribution in [2.75, 3.05) is 52.0 Å². The Hall–Kier alpha value is -4.06. The average molecular weight is 505 g/mol. The standard InChI is InChI=1S/C24H26F3N5O4/c1-32(2)11-10-28-23-30-18(15-6-5-7-17(12-15)36-24(25,26)27)14-21(31-23)29-19-13-16(22(33)35-4)8-9-20(19)34-3/h5-9,12-14H,10-11H2,1-4H3,(H2,28,29,30,31). The van der Waals surface area contributed by atoms with Crippen LogP contribution in [0, 0.1) is 0 Å². The number of aromatic nitrogens is 2. The van der Waals surface area contributed by atoms with Crippen LogP contribution in [-0.4, -0.2) is 68.6 Å². The van der Waals surface area contributed by atoms with Gasteiger partial charge in [-0.1, -0.05) is 12.1 Å². The van der Waals surface area contributed by atoms with E-state index >= 15 is 0 Å². The summed E-state index contributed by atoms with van der Waals surface area (Å²) >= 11 is 0. The summed E-state index contributed by atoms with van der Waals surface area (Å²) in [5.74, 6) is 0.0988. The second-order valence-corrected chi connectivity index (χ2v) is 7.80. The summed E-state index contributed by atoms with van der Waals surface area (Å²) in [7, 11) is 6.58. The molecule has 36 heavy (non-hydrogen) atoms. The van der Waals surface area contributed by atoms with Gasteiger partial charge in [0.1, 0.15) is 17.3 Å². The molecule has 0 radical (unpaired) electrons. The maximum absolute atomic E-state index is 12.7. The minimum atomic E-state index is -4.82. The molecular weight excluding hydrogens is 479 g/mol. The van der Waals surface area contributed by atoms with Crippen molar-refractivity contribution in [3.8, 4) is 22.8 Å². The van der Waals surface area contributed by atoms with Gasteiger partial charge in [0.2, 0.25) is 5.95 Å². The minimum absolute atomic E-state index is 0.252. The van der Waals surface area contributed by atoms with Crippen LogP contribution in [0.25, 0.3) is 11.3 Å². The van der Waals surface area contributed by atoms with Crippen molar-refractivity contribution in [3.05, 3.63) is 54.1 Å². The maximum Gasteiger partial charge on any atom is 0.573 e. The van der Waals surface area contributed by atoms with Gasteiger partial charge in [0.05, 0.1) is 31.2 Å². The van der Waals surface area contributed by atoms with E-state index in [0.717, 1.165) is 0 Å². The Kier molecular flexibility index (Phi) is 8.54. The molecule has 0 aliphatic carbocycles. The molecule has 0 saturated carbocycles. The zero-order chi connectivity index (χ0) is 26.3. The summed E-state index contributed by atoms with van der Waals surface area (Å²) in [5.41, 5.74) is 1.44. The van der Waals surface area contributed by atoms with Crippen molar-refractivity contribution in [1.82, 2.24) is 14.9 Å². The minimum Gasteiger partial charge on any atom is -0.495 e. The van der Waals surface area contributed by atoms with Crippen molar-refractivity contribution in [2.45, 2.75) is 6.36 Å². The number of hydrogen-bond donors (Lipinski definition) is 2. The molecule has 0 aliphatic heterocycles. The van der Waals surface area contributed by atoms with Gasteiger partial charge < -0.3 is 29.7 Å². The molecule has 0 bridgehead atoms. The third kappa shape index (κ3) is 7.47. The summed E-state index contributed by atoms with van der Waals surface area (Å²) in [6.07, 6.45) is -4.82. The first-order valence-corrected chi connectivity index (χ1v) is 10.7. The smallest absolute Gasteiger partial charge is 0.495 e. The van der Waals surface area contributed by atoms with Crippen LogP contribution < -0.4 is 20.1 Å². The number of halogens is 3. The summed E-state index contributed by atoms with van der Waals surface area (Å²) in [5, 5.41) is 6.21. The Morgan fingerprint density at radius 1 is 1.06 bits per heavy atom. The van der Waals surface area contributed by atoms with Crippen molar-refractivity contribution >= 4 is 23.4 Å². The van der Waals surface area contributed by atoms with E-state index in [1.165, 1.54) is 32.4 Å². The van der Waals surface area contributed by atoms with Crippen molar-refractivity contribution in [1.29, 1.82) is 0 Å². The second kappa shape index (κ2) is 11.6. The van der Waals surface area contributed by atoms with Gasteiger partial charge in [0.15, 0.2) is 0 Å². The SMILES string of the molecule is COC(=O)c1ccc(OC)c(Nc2cc(-c3cccc(OC(F)(F)F)c3)nc(NCCN(C)C)n2)c1. The molecule has 0 aliphatic rings. The number of rotatable bonds is 10. The third-order valence-electron chi connectivity index (χ3n) is 4.81. The number of carbonyl (C=O) groups is 1. The number of benzene rings is 2. The first-order chi connectivity index (χ1) is 17.1. The monoisotopic (exact) mass is 505 g/mol. The van der Waals surface area contributed by atoms with E-state index < -0.39 is 12.3 Å². The molecule has 2 N–H and O–H groups in total. The number of methoxy groups -OCH3 is 2. The van der Waals surface area contributed by atoms with Crippen molar-refractivity contribution < 1.29 is 32.2 Å². The van der Waals surface area contributed by atoms with Crippen molar-refractivity contribution in [3.63, 3.8) is 0 Å². The normalized spacial score (nSPS) is 11.2. The molecule has 0 spiro atoms. The van der Waals surface area contributed by atoms with Gasteiger partial charge in [-0.25, -0.2) is 9.78 Å². The quantitative estimate of drug-likeness (QED) is 0.385. The highest BCUT2D eigenvalue weighted by Crippen LogP contribution is 2.32. The fraction of sp³-hybridized carbons (Fsp3) is 0.292. The predicted octanol–water partition coefficient (Wildman–Crippen LogP) is 4.55. The van der Waals surface area contributed by atoms with Crippen molar-refractivity contribution in [2.24, 2.45) is 0 Å². The van der Waals surface area contributed by atoms with Gasteiger partial charge in [-0.05, 0) is 44.4 Å². The van der Waals surface area contributed by atoms with Crippen LogP contribution in [0.2, 0.25) is 0 Å². The number of hydrogen-bond acceptors (Lipinski definition) is 9. The van der Waals surface area contributed by atoms with E-state index in [1.807, 2.05) is 19.0 Å². The zero-order valence-electron chi connectivity index (χ0n) is 20.1. The third-order valence-corrected chi connectivity index (χ3v) is 4.81. The fourth-order valence-electron chi connectivity index (χ4n) is 3.17. The fourth-order valence-corrected chi connectivity index (χ4v) is 3.17. The number of nitrogens with zero attached hydrogens (tertiary/aromatic N) is 3. The van der Waals surface area contributed by atoms with Crippen LogP contribution in [0.1, 0.15) is 10.4 Å². The number of likely N-dealkylation sites (N-methyl/N-ethyl adjacent to an activating group) is 1. The molecule has 0 unspecified atom stereocenters. The molecule has 0 saturated heterocycles. The Morgan fingerprint density at radius 2 is 1.83 bits per heavy atom. The summed E-state index contributed by atoms with van der Waals surface area (Å²) in [6.45, 7) is 1.22. The maximum atomic E-state index is 12.7. The van der Waals surface area contributed by atoms with Crippen LogP contribution in [0.3, 0.4) is 0 Å². The van der Waals surface area contributed by atoms with Gasteiger partial charge in [-0.2, -0.15) is 4.98 Å². The topological polar surface area (TPSA) is 97.8 Å². The van der Waals surface area contributed by atoms with Gasteiger partial charge >= 0.3 is 12.3 Å². The number of carbonyl (C=O) groups excluding carboxylic acids is 1. The van der Waals surface area contributed by atoms with E-state index in [4.69, 9.17) is 9.47 Å². The molecule has 3 rings (SSSR count). The number of nitrogens with one attached hydrogen (secondary N) is 2. The average Bonchev–Trinajstić information content (AvgIpc) is 2.82. The lowest BCUT2D eigenvalue weighted by molar-refractivity contribution is -0.274. The first-order valence-electron chi connectivity index (χ1n) is 10.7. The molecule has 192 valence electrons. The number of ether oxygens (including phenoxy) is 3. The Bertz CT molecular complexity index is 1200. The van der Waals surface area contributed by atoms with E-state index in [0.29, 0.717) is 41.6 Å². The number of alkyl halides is 3. The van der Waals surface area contributed by atoms with Crippen LogP contribution in [-0.2, 0) is 4.74 Å². The van der Waals surface area contributed by atoms with E-state index in [2.05, 4.69) is 25.3 Å². The van der Waals surface area contributed by atoms with E-state index in [-0.39, 0.29) is 17.3 Å². The lowest BCUT2D eigenvalue weighted by Gasteiger charge is -2.15. The largest absolute Gasteiger partial charge is 0.573 e. The van der Waals surface area contributed by atoms with Crippen LogP contribution in [0.4, 0.5) is 30.6 Å². The molecule has 2 aromatic carbocycles. The van der Waals surface area contributed by atoms with Crippen LogP contribution in [0.5, 0.6) is 11.5 Å². The Balaban J connectivity index is 2.01. The Morgan fingerprint density at radius 3 is 2.50 bits per heavy atom. The Labute approximate surface area is 206 Å². The van der Waals surface area contributed by atoms with Crippen LogP contribution >= 0.6 is 0 Å². The second-order valence-electron chi connectivity index (χ2n) is 7.80. The summed E-state index contributed by atoms with van der Waals surface area (Å²) in [6, 6.07) is 11.8. The number of anilines is 3. The molecule has 1 heterocycles. The lowest BCUT2D eigenvalue weighted by Crippen LogP contribution is -2.21. The highest BCUT2D eigenvalue weighted by molar-refractivity contribution is 5.91.